The van der Waals surface area contributed by atoms with E-state index in [4.69, 9.17) is 16.3 Å². The van der Waals surface area contributed by atoms with Crippen molar-refractivity contribution in [3.63, 3.8) is 0 Å². The van der Waals surface area contributed by atoms with Gasteiger partial charge in [-0.2, -0.15) is 0 Å². The second kappa shape index (κ2) is 6.08. The van der Waals surface area contributed by atoms with Crippen LogP contribution in [0, 0.1) is 5.92 Å². The van der Waals surface area contributed by atoms with Crippen LogP contribution in [0.5, 0.6) is 0 Å². The average molecular weight is 234 g/mol. The molecule has 86 valence electrons. The van der Waals surface area contributed by atoms with E-state index in [1.165, 1.54) is 0 Å². The molecule has 0 N–H and O–H groups in total. The first-order valence-corrected chi connectivity index (χ1v) is 5.58. The van der Waals surface area contributed by atoms with Crippen molar-refractivity contribution in [1.82, 2.24) is 4.90 Å². The van der Waals surface area contributed by atoms with Crippen molar-refractivity contribution >= 4 is 22.8 Å². The van der Waals surface area contributed by atoms with Crippen LogP contribution in [0.15, 0.2) is 0 Å². The molecule has 0 aromatic heterocycles. The summed E-state index contributed by atoms with van der Waals surface area (Å²) in [7, 11) is 0. The van der Waals surface area contributed by atoms with E-state index < -0.39 is 0 Å². The molecule has 1 rings (SSSR count). The van der Waals surface area contributed by atoms with E-state index in [-0.39, 0.29) is 17.1 Å². The minimum Gasteiger partial charge on any atom is -0.465 e. The van der Waals surface area contributed by atoms with Crippen molar-refractivity contribution in [2.45, 2.75) is 19.8 Å². The smallest absolute Gasteiger partial charge is 0.320 e. The predicted octanol–water partition coefficient (Wildman–Crippen LogP) is 1.03. The van der Waals surface area contributed by atoms with E-state index in [9.17, 15) is 9.59 Å². The van der Waals surface area contributed by atoms with Crippen LogP contribution in [0.25, 0.3) is 0 Å². The van der Waals surface area contributed by atoms with E-state index in [2.05, 4.69) is 0 Å². The average Bonchev–Trinajstić information content (AvgIpc) is 2.18. The molecular formula is C10H16ClNO3. The highest BCUT2D eigenvalue weighted by atomic mass is 35.5. The molecule has 0 amide bonds. The number of nitrogens with zero attached hydrogens (tertiary/aromatic N) is 1. The fourth-order valence-corrected chi connectivity index (χ4v) is 1.93. The third kappa shape index (κ3) is 4.18. The number of halogens is 1. The number of piperidine rings is 1. The summed E-state index contributed by atoms with van der Waals surface area (Å²) in [5.41, 5.74) is 0. The molecule has 0 aromatic carbocycles. The lowest BCUT2D eigenvalue weighted by Crippen LogP contribution is -2.39. The van der Waals surface area contributed by atoms with Crippen LogP contribution in [0.3, 0.4) is 0 Å². The molecule has 0 spiro atoms. The van der Waals surface area contributed by atoms with E-state index in [1.807, 2.05) is 4.90 Å². The van der Waals surface area contributed by atoms with Crippen LogP contribution >= 0.6 is 11.6 Å². The maximum absolute atomic E-state index is 11.2. The molecule has 4 nitrogen and oxygen atoms in total. The van der Waals surface area contributed by atoms with Crippen molar-refractivity contribution < 1.29 is 14.3 Å². The largest absolute Gasteiger partial charge is 0.465 e. The molecule has 15 heavy (non-hydrogen) atoms. The van der Waals surface area contributed by atoms with Crippen LogP contribution in [0.1, 0.15) is 19.8 Å². The number of carbonyl (C=O) groups excluding carboxylic acids is 2. The van der Waals surface area contributed by atoms with Gasteiger partial charge in [-0.1, -0.05) is 0 Å². The van der Waals surface area contributed by atoms with Gasteiger partial charge in [0, 0.05) is 5.92 Å². The van der Waals surface area contributed by atoms with Crippen molar-refractivity contribution in [2.75, 3.05) is 26.2 Å². The van der Waals surface area contributed by atoms with E-state index in [1.54, 1.807) is 6.92 Å². The van der Waals surface area contributed by atoms with Crippen LogP contribution in [-0.4, -0.2) is 42.4 Å². The normalized spacial score (nSPS) is 18.8. The molecule has 0 saturated carbocycles. The second-order valence-electron chi connectivity index (χ2n) is 3.66. The number of likely N-dealkylation sites (tertiary alicyclic amines) is 1. The zero-order valence-corrected chi connectivity index (χ0v) is 9.63. The number of hydrogen-bond donors (Lipinski definition) is 0. The molecule has 0 unspecified atom stereocenters. The first kappa shape index (κ1) is 12.5. The van der Waals surface area contributed by atoms with Crippen LogP contribution in [0.2, 0.25) is 0 Å². The van der Waals surface area contributed by atoms with Crippen molar-refractivity contribution in [2.24, 2.45) is 5.92 Å². The molecule has 0 aliphatic carbocycles. The van der Waals surface area contributed by atoms with Gasteiger partial charge in [-0.25, -0.2) is 0 Å². The quantitative estimate of drug-likeness (QED) is 0.538. The van der Waals surface area contributed by atoms with E-state index in [0.717, 1.165) is 25.9 Å². The van der Waals surface area contributed by atoms with Gasteiger partial charge < -0.3 is 4.74 Å². The van der Waals surface area contributed by atoms with Crippen LogP contribution < -0.4 is 0 Å². The third-order valence-electron chi connectivity index (χ3n) is 2.57. The molecule has 1 saturated heterocycles. The molecule has 0 radical (unpaired) electrons. The summed E-state index contributed by atoms with van der Waals surface area (Å²) in [5, 5.41) is -0.259. The van der Waals surface area contributed by atoms with Crippen molar-refractivity contribution in [3.8, 4) is 0 Å². The molecule has 5 heteroatoms. The van der Waals surface area contributed by atoms with Gasteiger partial charge in [-0.15, -0.1) is 0 Å². The summed E-state index contributed by atoms with van der Waals surface area (Å²) < 4.78 is 4.85. The lowest BCUT2D eigenvalue weighted by atomic mass is 9.98. The Balaban J connectivity index is 2.25. The number of carbonyl (C=O) groups is 2. The Kier molecular flexibility index (Phi) is 5.05. The van der Waals surface area contributed by atoms with Gasteiger partial charge in [0.25, 0.3) is 0 Å². The first-order chi connectivity index (χ1) is 7.13. The van der Waals surface area contributed by atoms with Gasteiger partial charge in [-0.3, -0.25) is 14.5 Å². The maximum Gasteiger partial charge on any atom is 0.320 e. The number of hydrogen-bond acceptors (Lipinski definition) is 4. The van der Waals surface area contributed by atoms with Gasteiger partial charge in [0.2, 0.25) is 5.24 Å². The summed E-state index contributed by atoms with van der Waals surface area (Å²) in [6, 6.07) is 0. The fraction of sp³-hybridized carbons (Fsp3) is 0.800. The molecule has 1 heterocycles. The van der Waals surface area contributed by atoms with Gasteiger partial charge in [0.05, 0.1) is 13.2 Å². The molecule has 1 fully saturated rings. The molecule has 1 aliphatic heterocycles. The predicted molar refractivity (Wildman–Crippen MR) is 56.7 cm³/mol. The Bertz CT molecular complexity index is 237. The monoisotopic (exact) mass is 233 g/mol. The highest BCUT2D eigenvalue weighted by Crippen LogP contribution is 2.19. The van der Waals surface area contributed by atoms with Crippen molar-refractivity contribution in [1.29, 1.82) is 0 Å². The first-order valence-electron chi connectivity index (χ1n) is 5.20. The summed E-state index contributed by atoms with van der Waals surface area (Å²) in [5.74, 6) is -0.238. The maximum atomic E-state index is 11.2. The minimum atomic E-state index is -0.259. The minimum absolute atomic E-state index is 0.0369. The lowest BCUT2D eigenvalue weighted by molar-refractivity contribution is -0.144. The zero-order valence-electron chi connectivity index (χ0n) is 8.87. The summed E-state index contributed by atoms with van der Waals surface area (Å²) >= 11 is 5.41. The standard InChI is InChI=1S/C10H16ClNO3/c1-2-15-9(13)7-12-5-3-8(4-6-12)10(11)14/h8H,2-7H2,1H3. The van der Waals surface area contributed by atoms with Gasteiger partial charge in [-0.05, 0) is 44.5 Å². The van der Waals surface area contributed by atoms with E-state index >= 15 is 0 Å². The zero-order chi connectivity index (χ0) is 11.3. The van der Waals surface area contributed by atoms with Crippen molar-refractivity contribution in [3.05, 3.63) is 0 Å². The topological polar surface area (TPSA) is 46.6 Å². The summed E-state index contributed by atoms with van der Waals surface area (Å²) in [6.45, 7) is 3.99. The number of ether oxygens (including phenoxy) is 1. The van der Waals surface area contributed by atoms with Gasteiger partial charge in [0.15, 0.2) is 0 Å². The molecule has 0 atom stereocenters. The highest BCUT2D eigenvalue weighted by Gasteiger charge is 2.24. The van der Waals surface area contributed by atoms with Gasteiger partial charge in [0.1, 0.15) is 0 Å². The summed E-state index contributed by atoms with van der Waals surface area (Å²) in [6.07, 6.45) is 1.48. The number of esters is 1. The van der Waals surface area contributed by atoms with Crippen LogP contribution in [-0.2, 0) is 14.3 Å². The Morgan fingerprint density at radius 2 is 2.00 bits per heavy atom. The highest BCUT2D eigenvalue weighted by molar-refractivity contribution is 6.63. The third-order valence-corrected chi connectivity index (χ3v) is 2.88. The Morgan fingerprint density at radius 1 is 1.40 bits per heavy atom. The second-order valence-corrected chi connectivity index (χ2v) is 4.03. The Morgan fingerprint density at radius 3 is 2.47 bits per heavy atom. The summed E-state index contributed by atoms with van der Waals surface area (Å²) in [4.78, 5) is 24.0. The molecule has 0 bridgehead atoms. The Hall–Kier alpha value is -0.610. The molecule has 1 aliphatic rings. The fourth-order valence-electron chi connectivity index (χ4n) is 1.71. The van der Waals surface area contributed by atoms with E-state index in [0.29, 0.717) is 13.2 Å². The SMILES string of the molecule is CCOC(=O)CN1CCC(C(=O)Cl)CC1. The number of rotatable bonds is 4. The molecular weight excluding hydrogens is 218 g/mol. The Labute approximate surface area is 94.5 Å². The van der Waals surface area contributed by atoms with Crippen LogP contribution in [0.4, 0.5) is 0 Å². The van der Waals surface area contributed by atoms with Gasteiger partial charge >= 0.3 is 5.97 Å². The molecule has 0 aromatic rings. The lowest BCUT2D eigenvalue weighted by Gasteiger charge is -2.29.